The molecule has 1 aromatic heterocycles. The van der Waals surface area contributed by atoms with E-state index in [1.165, 1.54) is 5.56 Å². The second-order valence-corrected chi connectivity index (χ2v) is 3.36. The first-order valence-corrected chi connectivity index (χ1v) is 5.18. The monoisotopic (exact) mass is 209 g/mol. The lowest BCUT2D eigenvalue weighted by Crippen LogP contribution is -2.18. The Morgan fingerprint density at radius 1 is 1.67 bits per heavy atom. The molecule has 0 saturated heterocycles. The average molecular weight is 209 g/mol. The van der Waals surface area contributed by atoms with E-state index in [9.17, 15) is 0 Å². The van der Waals surface area contributed by atoms with Crippen molar-refractivity contribution in [1.29, 1.82) is 0 Å². The van der Waals surface area contributed by atoms with Gasteiger partial charge in [-0.3, -0.25) is 4.68 Å². The number of ether oxygens (including phenoxy) is 1. The summed E-state index contributed by atoms with van der Waals surface area (Å²) in [4.78, 5) is 0. The molecule has 0 aromatic carbocycles. The van der Waals surface area contributed by atoms with Crippen LogP contribution < -0.4 is 5.32 Å². The molecule has 0 fully saturated rings. The largest absolute Gasteiger partial charge is 0.383 e. The van der Waals surface area contributed by atoms with Crippen molar-refractivity contribution in [3.05, 3.63) is 30.6 Å². The maximum Gasteiger partial charge on any atom is 0.0587 e. The van der Waals surface area contributed by atoms with Gasteiger partial charge in [-0.05, 0) is 6.42 Å². The highest BCUT2D eigenvalue weighted by Gasteiger charge is 1.96. The molecule has 0 spiro atoms. The summed E-state index contributed by atoms with van der Waals surface area (Å²) in [5, 5.41) is 7.52. The molecule has 0 saturated carbocycles. The van der Waals surface area contributed by atoms with Crippen molar-refractivity contribution in [2.45, 2.75) is 19.5 Å². The zero-order valence-corrected chi connectivity index (χ0v) is 9.28. The molecular weight excluding hydrogens is 190 g/mol. The third kappa shape index (κ3) is 4.76. The molecule has 0 bridgehead atoms. The normalized spacial score (nSPS) is 10.5. The van der Waals surface area contributed by atoms with Crippen molar-refractivity contribution in [1.82, 2.24) is 15.1 Å². The Balaban J connectivity index is 2.23. The Morgan fingerprint density at radius 3 is 3.27 bits per heavy atom. The standard InChI is InChI=1S/C11H19N3O/c1-3-4-6-14-10-11(9-13-14)8-12-5-7-15-2/h3,9-10,12H,1,4-8H2,2H3. The minimum absolute atomic E-state index is 0.741. The van der Waals surface area contributed by atoms with E-state index >= 15 is 0 Å². The predicted octanol–water partition coefficient (Wildman–Crippen LogP) is 1.20. The summed E-state index contributed by atoms with van der Waals surface area (Å²) in [6, 6.07) is 0. The first-order valence-electron chi connectivity index (χ1n) is 5.18. The van der Waals surface area contributed by atoms with Gasteiger partial charge in [-0.1, -0.05) is 6.08 Å². The first kappa shape index (κ1) is 11.9. The van der Waals surface area contributed by atoms with Gasteiger partial charge in [-0.2, -0.15) is 5.10 Å². The van der Waals surface area contributed by atoms with Crippen molar-refractivity contribution in [2.24, 2.45) is 0 Å². The second kappa shape index (κ2) is 7.20. The van der Waals surface area contributed by atoms with Gasteiger partial charge in [0.25, 0.3) is 0 Å². The van der Waals surface area contributed by atoms with Crippen molar-refractivity contribution < 1.29 is 4.74 Å². The minimum Gasteiger partial charge on any atom is -0.383 e. The third-order valence-electron chi connectivity index (χ3n) is 2.06. The van der Waals surface area contributed by atoms with Crippen LogP contribution >= 0.6 is 0 Å². The van der Waals surface area contributed by atoms with Crippen LogP contribution in [-0.2, 0) is 17.8 Å². The summed E-state index contributed by atoms with van der Waals surface area (Å²) >= 11 is 0. The number of nitrogens with one attached hydrogen (secondary N) is 1. The van der Waals surface area contributed by atoms with Gasteiger partial charge in [0.1, 0.15) is 0 Å². The van der Waals surface area contributed by atoms with Gasteiger partial charge in [-0.15, -0.1) is 6.58 Å². The molecule has 1 N–H and O–H groups in total. The first-order chi connectivity index (χ1) is 7.36. The van der Waals surface area contributed by atoms with Crippen molar-refractivity contribution in [3.8, 4) is 0 Å². The Labute approximate surface area is 90.9 Å². The average Bonchev–Trinajstić information content (AvgIpc) is 2.69. The van der Waals surface area contributed by atoms with Crippen LogP contribution in [0.2, 0.25) is 0 Å². The number of aromatic nitrogens is 2. The molecule has 0 amide bonds. The van der Waals surface area contributed by atoms with E-state index in [0.717, 1.165) is 32.7 Å². The lowest BCUT2D eigenvalue weighted by molar-refractivity contribution is 0.199. The molecule has 4 heteroatoms. The highest BCUT2D eigenvalue weighted by molar-refractivity contribution is 5.03. The van der Waals surface area contributed by atoms with E-state index < -0.39 is 0 Å². The molecule has 4 nitrogen and oxygen atoms in total. The van der Waals surface area contributed by atoms with Gasteiger partial charge in [0, 0.05) is 38.5 Å². The van der Waals surface area contributed by atoms with Crippen molar-refractivity contribution in [2.75, 3.05) is 20.3 Å². The van der Waals surface area contributed by atoms with E-state index in [1.807, 2.05) is 17.0 Å². The van der Waals surface area contributed by atoms with Crippen molar-refractivity contribution in [3.63, 3.8) is 0 Å². The molecule has 84 valence electrons. The predicted molar refractivity (Wildman–Crippen MR) is 60.6 cm³/mol. The smallest absolute Gasteiger partial charge is 0.0587 e. The topological polar surface area (TPSA) is 39.1 Å². The Hall–Kier alpha value is -1.13. The van der Waals surface area contributed by atoms with Crippen molar-refractivity contribution >= 4 is 0 Å². The van der Waals surface area contributed by atoms with Crippen LogP contribution in [0, 0.1) is 0 Å². The lowest BCUT2D eigenvalue weighted by atomic mass is 10.3. The number of nitrogens with zero attached hydrogens (tertiary/aromatic N) is 2. The summed E-state index contributed by atoms with van der Waals surface area (Å²) < 4.78 is 6.88. The van der Waals surface area contributed by atoms with Gasteiger partial charge in [-0.25, -0.2) is 0 Å². The maximum absolute atomic E-state index is 4.94. The van der Waals surface area contributed by atoms with E-state index in [4.69, 9.17) is 4.74 Å². The molecule has 0 aliphatic heterocycles. The maximum atomic E-state index is 4.94. The molecule has 15 heavy (non-hydrogen) atoms. The van der Waals surface area contributed by atoms with Gasteiger partial charge < -0.3 is 10.1 Å². The molecule has 0 aliphatic rings. The van der Waals surface area contributed by atoms with Crippen LogP contribution in [-0.4, -0.2) is 30.0 Å². The fraction of sp³-hybridized carbons (Fsp3) is 0.545. The third-order valence-corrected chi connectivity index (χ3v) is 2.06. The lowest BCUT2D eigenvalue weighted by Gasteiger charge is -2.00. The molecule has 0 unspecified atom stereocenters. The van der Waals surface area contributed by atoms with Crippen LogP contribution in [0.25, 0.3) is 0 Å². The van der Waals surface area contributed by atoms with Crippen LogP contribution in [0.4, 0.5) is 0 Å². The molecule has 0 aliphatic carbocycles. The van der Waals surface area contributed by atoms with Crippen LogP contribution in [0.3, 0.4) is 0 Å². The summed E-state index contributed by atoms with van der Waals surface area (Å²) in [5.74, 6) is 0. The van der Waals surface area contributed by atoms with Crippen LogP contribution in [0.15, 0.2) is 25.0 Å². The Kier molecular flexibility index (Phi) is 5.73. The highest BCUT2D eigenvalue weighted by Crippen LogP contribution is 1.98. The number of rotatable bonds is 8. The zero-order chi connectivity index (χ0) is 10.9. The van der Waals surface area contributed by atoms with Gasteiger partial charge in [0.2, 0.25) is 0 Å². The van der Waals surface area contributed by atoms with E-state index in [-0.39, 0.29) is 0 Å². The fourth-order valence-corrected chi connectivity index (χ4v) is 1.25. The van der Waals surface area contributed by atoms with Gasteiger partial charge >= 0.3 is 0 Å². The quantitative estimate of drug-likeness (QED) is 0.516. The number of hydrogen-bond donors (Lipinski definition) is 1. The van der Waals surface area contributed by atoms with Gasteiger partial charge in [0.15, 0.2) is 0 Å². The molecule has 1 aromatic rings. The Morgan fingerprint density at radius 2 is 2.53 bits per heavy atom. The molecule has 0 radical (unpaired) electrons. The highest BCUT2D eigenvalue weighted by atomic mass is 16.5. The summed E-state index contributed by atoms with van der Waals surface area (Å²) in [6.45, 7) is 7.04. The number of hydrogen-bond acceptors (Lipinski definition) is 3. The fourth-order valence-electron chi connectivity index (χ4n) is 1.25. The van der Waals surface area contributed by atoms with Crippen LogP contribution in [0.5, 0.6) is 0 Å². The number of aryl methyl sites for hydroxylation is 1. The van der Waals surface area contributed by atoms with E-state index in [2.05, 4.69) is 23.2 Å². The summed E-state index contributed by atoms with van der Waals surface area (Å²) in [6.07, 6.45) is 6.81. The SMILES string of the molecule is C=CCCn1cc(CNCCOC)cn1. The molecular formula is C11H19N3O. The van der Waals surface area contributed by atoms with E-state index in [1.54, 1.807) is 7.11 Å². The number of allylic oxidation sites excluding steroid dienone is 1. The minimum atomic E-state index is 0.741. The van der Waals surface area contributed by atoms with Crippen LogP contribution in [0.1, 0.15) is 12.0 Å². The molecule has 0 atom stereocenters. The van der Waals surface area contributed by atoms with E-state index in [0.29, 0.717) is 0 Å². The number of methoxy groups -OCH3 is 1. The molecule has 1 heterocycles. The summed E-state index contributed by atoms with van der Waals surface area (Å²) in [5.41, 5.74) is 1.20. The second-order valence-electron chi connectivity index (χ2n) is 3.36. The Bertz CT molecular complexity index is 283. The summed E-state index contributed by atoms with van der Waals surface area (Å²) in [7, 11) is 1.70. The van der Waals surface area contributed by atoms with Gasteiger partial charge in [0.05, 0.1) is 12.8 Å². The molecule has 1 rings (SSSR count). The zero-order valence-electron chi connectivity index (χ0n) is 9.28.